The Kier molecular flexibility index (Phi) is 15.5. The highest BCUT2D eigenvalue weighted by Gasteiger charge is 2.37. The fraction of sp³-hybridized carbons (Fsp3) is 0.0833. The number of hydrogen-bond donors (Lipinski definition) is 0. The summed E-state index contributed by atoms with van der Waals surface area (Å²) < 4.78 is 219. The minimum absolute atomic E-state index is 0.00135. The highest BCUT2D eigenvalue weighted by atomic mass is 19.4. The van der Waals surface area contributed by atoms with Crippen molar-refractivity contribution in [2.45, 2.75) is 37.8 Å². The molecule has 0 saturated carbocycles. The Hall–Kier alpha value is -10.4. The lowest BCUT2D eigenvalue weighted by molar-refractivity contribution is -0.138. The summed E-state index contributed by atoms with van der Waals surface area (Å²) in [6.45, 7) is 1.82. The second kappa shape index (κ2) is 23.2. The molecule has 0 bridgehead atoms. The minimum atomic E-state index is -4.89. The molecule has 0 aliphatic carbocycles. The molecule has 0 fully saturated rings. The van der Waals surface area contributed by atoms with Gasteiger partial charge in [0.05, 0.1) is 61.9 Å². The van der Waals surface area contributed by atoms with Crippen LogP contribution in [0.5, 0.6) is 0 Å². The van der Waals surface area contributed by atoms with Gasteiger partial charge in [-0.2, -0.15) is 65.9 Å². The normalized spacial score (nSPS) is 12.4. The Labute approximate surface area is 510 Å². The highest BCUT2D eigenvalue weighted by molar-refractivity contribution is 6.13. The van der Waals surface area contributed by atoms with E-state index in [2.05, 4.69) is 0 Å². The Balaban J connectivity index is 1.10. The Morgan fingerprint density at radius 1 is 0.198 bits per heavy atom. The van der Waals surface area contributed by atoms with Crippen molar-refractivity contribution in [1.29, 1.82) is 0 Å². The Morgan fingerprint density at radius 2 is 0.374 bits per heavy atom. The molecule has 19 heteroatoms. The van der Waals surface area contributed by atoms with E-state index in [4.69, 9.17) is 0 Å². The Bertz CT molecular complexity index is 4660. The van der Waals surface area contributed by atoms with Crippen molar-refractivity contribution in [2.24, 2.45) is 0 Å². The van der Waals surface area contributed by atoms with Gasteiger partial charge in [-0.25, -0.2) is 0 Å². The van der Waals surface area contributed by atoms with Crippen molar-refractivity contribution in [3.63, 3.8) is 0 Å². The fourth-order valence-corrected chi connectivity index (χ4v) is 11.5. The van der Waals surface area contributed by atoms with Crippen molar-refractivity contribution in [2.75, 3.05) is 19.6 Å². The lowest BCUT2D eigenvalue weighted by Crippen LogP contribution is -2.16. The van der Waals surface area contributed by atoms with Gasteiger partial charge in [0.25, 0.3) is 0 Å². The molecule has 12 aromatic rings. The molecule has 0 atom stereocenters. The summed E-state index contributed by atoms with van der Waals surface area (Å²) in [6.07, 6.45) is -24.2. The quantitative estimate of drug-likeness (QED) is 0.113. The SMILES string of the molecule is Cc1cccc(N(c2cccc(C(F)(F)F)c2)c2cccc3c(N(c4cccc(C(F)(F)F)c4)c4cccc5c(N(c6cccc(C(F)(F)F)c6)c6cccc7c(N(c8cccc(C(F)(F)F)c8)c8cccc(C(F)(F)F)c8)cccc67)cccc45)cccc23)c1. The molecule has 0 amide bonds. The van der Waals surface area contributed by atoms with Crippen molar-refractivity contribution < 1.29 is 65.9 Å². The first-order valence-corrected chi connectivity index (χ1v) is 27.9. The van der Waals surface area contributed by atoms with Gasteiger partial charge in [0.15, 0.2) is 0 Å². The number of rotatable bonds is 12. The van der Waals surface area contributed by atoms with E-state index in [0.717, 1.165) is 78.4 Å². The molecule has 4 nitrogen and oxygen atoms in total. The number of alkyl halides is 15. The zero-order chi connectivity index (χ0) is 64.4. The molecule has 0 spiro atoms. The third kappa shape index (κ3) is 12.0. The van der Waals surface area contributed by atoms with E-state index in [1.807, 2.05) is 13.0 Å². The van der Waals surface area contributed by atoms with Crippen molar-refractivity contribution in [3.05, 3.63) is 288 Å². The zero-order valence-electron chi connectivity index (χ0n) is 47.2. The second-order valence-electron chi connectivity index (χ2n) is 21.4. The van der Waals surface area contributed by atoms with Gasteiger partial charge < -0.3 is 19.6 Å². The molecule has 91 heavy (non-hydrogen) atoms. The fourth-order valence-electron chi connectivity index (χ4n) is 11.5. The van der Waals surface area contributed by atoms with Crippen LogP contribution >= 0.6 is 0 Å². The summed E-state index contributed by atoms with van der Waals surface area (Å²) in [7, 11) is 0. The molecule has 0 aliphatic heterocycles. The van der Waals surface area contributed by atoms with Gasteiger partial charge in [0, 0.05) is 66.4 Å². The summed E-state index contributed by atoms with van der Waals surface area (Å²) in [5.74, 6) is 0. The summed E-state index contributed by atoms with van der Waals surface area (Å²) in [6, 6.07) is 58.0. The predicted octanol–water partition coefficient (Wildman–Crippen LogP) is 24.4. The van der Waals surface area contributed by atoms with Crippen LogP contribution < -0.4 is 19.6 Å². The molecule has 0 saturated heterocycles. The number of fused-ring (bicyclic) bond motifs is 3. The number of hydrogen-bond acceptors (Lipinski definition) is 4. The van der Waals surface area contributed by atoms with Gasteiger partial charge in [-0.05, 0) is 152 Å². The Morgan fingerprint density at radius 3 is 0.582 bits per heavy atom. The number of nitrogens with zero attached hydrogens (tertiary/aromatic N) is 4. The topological polar surface area (TPSA) is 13.0 Å². The van der Waals surface area contributed by atoms with E-state index in [0.29, 0.717) is 38.6 Å². The first-order valence-electron chi connectivity index (χ1n) is 27.9. The van der Waals surface area contributed by atoms with Crippen LogP contribution in [0.2, 0.25) is 0 Å². The van der Waals surface area contributed by atoms with E-state index >= 15 is 0 Å². The average Bonchev–Trinajstić information content (AvgIpc) is 0.783. The summed E-state index contributed by atoms with van der Waals surface area (Å²) in [5.41, 5.74) is -2.79. The van der Waals surface area contributed by atoms with Crippen LogP contribution in [0.25, 0.3) is 32.3 Å². The molecule has 458 valence electrons. The molecule has 0 heterocycles. The van der Waals surface area contributed by atoms with Crippen molar-refractivity contribution in [3.8, 4) is 0 Å². The van der Waals surface area contributed by atoms with Gasteiger partial charge in [-0.3, -0.25) is 0 Å². The van der Waals surface area contributed by atoms with Crippen LogP contribution in [0.1, 0.15) is 33.4 Å². The molecule has 0 N–H and O–H groups in total. The molecule has 0 aliphatic rings. The smallest absolute Gasteiger partial charge is 0.310 e. The van der Waals surface area contributed by atoms with Crippen LogP contribution in [0, 0.1) is 6.92 Å². The molecular formula is C72H45F15N4. The second-order valence-corrected chi connectivity index (χ2v) is 21.4. The van der Waals surface area contributed by atoms with Crippen molar-refractivity contribution >= 4 is 101 Å². The van der Waals surface area contributed by atoms with Crippen LogP contribution in [-0.4, -0.2) is 0 Å². The molecule has 0 unspecified atom stereocenters. The predicted molar refractivity (Wildman–Crippen MR) is 327 cm³/mol. The van der Waals surface area contributed by atoms with Crippen LogP contribution in [-0.2, 0) is 30.9 Å². The molecule has 0 radical (unpaired) electrons. The monoisotopic (exact) mass is 1250 g/mol. The number of aryl methyl sites for hydroxylation is 1. The number of anilines is 12. The summed E-state index contributed by atoms with van der Waals surface area (Å²) >= 11 is 0. The number of benzene rings is 12. The highest BCUT2D eigenvalue weighted by Crippen LogP contribution is 2.52. The van der Waals surface area contributed by atoms with Crippen LogP contribution in [0.3, 0.4) is 0 Å². The van der Waals surface area contributed by atoms with Gasteiger partial charge >= 0.3 is 30.9 Å². The third-order valence-corrected chi connectivity index (χ3v) is 15.5. The van der Waals surface area contributed by atoms with Gasteiger partial charge in [-0.15, -0.1) is 0 Å². The lowest BCUT2D eigenvalue weighted by Gasteiger charge is -2.32. The van der Waals surface area contributed by atoms with Crippen molar-refractivity contribution in [1.82, 2.24) is 0 Å². The van der Waals surface area contributed by atoms with Gasteiger partial charge in [0.2, 0.25) is 0 Å². The average molecular weight is 1250 g/mol. The minimum Gasteiger partial charge on any atom is -0.310 e. The lowest BCUT2D eigenvalue weighted by atomic mass is 9.99. The van der Waals surface area contributed by atoms with Gasteiger partial charge in [-0.1, -0.05) is 115 Å². The van der Waals surface area contributed by atoms with Crippen LogP contribution in [0.15, 0.2) is 255 Å². The maximum atomic E-state index is 14.9. The summed E-state index contributed by atoms with van der Waals surface area (Å²) in [5, 5.41) is 2.05. The standard InChI is InChI=1S/C72H45F15N4/c1-44-14-2-20-50(38-44)88(51-21-3-15-45(39-51)68(73,74)75)62-32-8-28-58-56(62)26-10-34-64(58)90(54-24-6-18-48(42-54)71(82,83)84)66-36-12-31-61-60(66)30-13-37-67(61)91(55-25-7-19-49(43-55)72(85,86)87)65-35-11-27-57-59(65)29-9-33-63(57)89(52-22-4-16-46(40-52)69(76,77)78)53-23-5-17-47(41-53)70(79,80)81/h2-43H,1H3. The maximum Gasteiger partial charge on any atom is 0.416 e. The molecular weight excluding hydrogens is 1210 g/mol. The number of halogens is 15. The summed E-state index contributed by atoms with van der Waals surface area (Å²) in [4.78, 5) is 5.97. The van der Waals surface area contributed by atoms with E-state index in [1.165, 1.54) is 76.5 Å². The molecule has 12 aromatic carbocycles. The van der Waals surface area contributed by atoms with Gasteiger partial charge in [0.1, 0.15) is 0 Å². The zero-order valence-corrected chi connectivity index (χ0v) is 47.2. The largest absolute Gasteiger partial charge is 0.416 e. The maximum absolute atomic E-state index is 14.9. The molecule has 0 aromatic heterocycles. The van der Waals surface area contributed by atoms with Crippen LogP contribution in [0.4, 0.5) is 134 Å². The van der Waals surface area contributed by atoms with E-state index in [-0.39, 0.29) is 62.0 Å². The first kappa shape index (κ1) is 60.8. The van der Waals surface area contributed by atoms with E-state index < -0.39 is 58.7 Å². The first-order chi connectivity index (χ1) is 43.2. The third-order valence-electron chi connectivity index (χ3n) is 15.5. The van der Waals surface area contributed by atoms with E-state index in [9.17, 15) is 65.9 Å². The van der Waals surface area contributed by atoms with E-state index in [1.54, 1.807) is 119 Å². The molecule has 12 rings (SSSR count).